The Balaban J connectivity index is 1.60. The van der Waals surface area contributed by atoms with E-state index in [0.29, 0.717) is 12.5 Å². The van der Waals surface area contributed by atoms with Crippen LogP contribution in [-0.2, 0) is 0 Å². The fraction of sp³-hybridized carbons (Fsp3) is 0.593. The zero-order valence-corrected chi connectivity index (χ0v) is 19.4. The molecule has 5 heteroatoms. The number of amides is 2. The van der Waals surface area contributed by atoms with Gasteiger partial charge in [-0.15, -0.1) is 0 Å². The molecule has 1 unspecified atom stereocenters. The molecule has 4 atom stereocenters. The number of urea groups is 1. The van der Waals surface area contributed by atoms with Crippen LogP contribution in [0.3, 0.4) is 0 Å². The molecule has 1 fully saturated rings. The molecule has 4 nitrogen and oxygen atoms in total. The van der Waals surface area contributed by atoms with Gasteiger partial charge in [0.25, 0.3) is 0 Å². The highest BCUT2D eigenvalue weighted by Gasteiger charge is 2.35. The van der Waals surface area contributed by atoms with E-state index < -0.39 is 0 Å². The Labute approximate surface area is 192 Å². The Morgan fingerprint density at radius 3 is 2.81 bits per heavy atom. The minimum absolute atomic E-state index is 0.0230. The highest BCUT2D eigenvalue weighted by atomic mass is 19.1. The standard InChI is InChI=1S/C27H38FN3O/c1-2-3-6-19-7-4-10-25-21(17-19)15-16-31(26(25)20-11-13-22(28)14-12-20)27(32)30-24-9-5-8-23(29)18-24/h4,10-14,19,23-24,26H,2-3,5-9,15-18,29H2,1H3,(H,30,32)/t19?,23-,24+,26-/m0/s1. The Bertz CT molecular complexity index is 847. The van der Waals surface area contributed by atoms with Crippen molar-refractivity contribution in [3.63, 3.8) is 0 Å². The number of nitrogens with two attached hydrogens (primary N) is 1. The van der Waals surface area contributed by atoms with Crippen molar-refractivity contribution in [3.05, 3.63) is 58.9 Å². The zero-order valence-electron chi connectivity index (χ0n) is 19.4. The maximum absolute atomic E-state index is 13.7. The first-order chi connectivity index (χ1) is 15.5. The molecule has 2 aliphatic carbocycles. The van der Waals surface area contributed by atoms with Crippen molar-refractivity contribution >= 4 is 6.03 Å². The van der Waals surface area contributed by atoms with Crippen molar-refractivity contribution in [2.45, 2.75) is 89.3 Å². The molecule has 1 aromatic rings. The Morgan fingerprint density at radius 2 is 2.06 bits per heavy atom. The van der Waals surface area contributed by atoms with Crippen LogP contribution in [0.4, 0.5) is 9.18 Å². The molecule has 3 N–H and O–H groups in total. The van der Waals surface area contributed by atoms with Crippen molar-refractivity contribution in [1.29, 1.82) is 0 Å². The van der Waals surface area contributed by atoms with Crippen LogP contribution in [0.15, 0.2) is 47.6 Å². The van der Waals surface area contributed by atoms with Crippen LogP contribution in [0.5, 0.6) is 0 Å². The first kappa shape index (κ1) is 23.0. The number of benzene rings is 1. The summed E-state index contributed by atoms with van der Waals surface area (Å²) in [5, 5.41) is 3.26. The van der Waals surface area contributed by atoms with Gasteiger partial charge in [0.2, 0.25) is 0 Å². The molecule has 0 radical (unpaired) electrons. The Morgan fingerprint density at radius 1 is 1.25 bits per heavy atom. The number of halogens is 1. The van der Waals surface area contributed by atoms with E-state index in [-0.39, 0.29) is 30.0 Å². The normalized spacial score (nSPS) is 28.3. The van der Waals surface area contributed by atoms with Gasteiger partial charge in [0.15, 0.2) is 0 Å². The van der Waals surface area contributed by atoms with Crippen LogP contribution < -0.4 is 11.1 Å². The van der Waals surface area contributed by atoms with E-state index in [2.05, 4.69) is 24.4 Å². The predicted molar refractivity (Wildman–Crippen MR) is 128 cm³/mol. The molecule has 0 spiro atoms. The number of hydrogen-bond donors (Lipinski definition) is 2. The summed E-state index contributed by atoms with van der Waals surface area (Å²) in [6.07, 6.45) is 15.3. The van der Waals surface area contributed by atoms with Gasteiger partial charge in [-0.05, 0) is 80.6 Å². The minimum Gasteiger partial charge on any atom is -0.335 e. The molecule has 1 saturated carbocycles. The summed E-state index contributed by atoms with van der Waals surface area (Å²) in [7, 11) is 0. The van der Waals surface area contributed by atoms with E-state index in [4.69, 9.17) is 5.73 Å². The first-order valence-corrected chi connectivity index (χ1v) is 12.5. The molecule has 3 aliphatic rings. The molecule has 1 aromatic carbocycles. The summed E-state index contributed by atoms with van der Waals surface area (Å²) in [4.78, 5) is 15.4. The lowest BCUT2D eigenvalue weighted by Gasteiger charge is -2.40. The van der Waals surface area contributed by atoms with Crippen molar-refractivity contribution in [2.24, 2.45) is 11.7 Å². The molecule has 174 valence electrons. The van der Waals surface area contributed by atoms with Gasteiger partial charge in [0.05, 0.1) is 6.04 Å². The van der Waals surface area contributed by atoms with E-state index in [1.54, 1.807) is 0 Å². The van der Waals surface area contributed by atoms with Crippen LogP contribution in [0.1, 0.15) is 82.7 Å². The van der Waals surface area contributed by atoms with Gasteiger partial charge >= 0.3 is 6.03 Å². The lowest BCUT2D eigenvalue weighted by Crippen LogP contribution is -2.50. The first-order valence-electron chi connectivity index (χ1n) is 12.5. The molecule has 1 heterocycles. The molecule has 0 aromatic heterocycles. The minimum atomic E-state index is -0.248. The molecule has 4 rings (SSSR count). The van der Waals surface area contributed by atoms with Crippen LogP contribution in [0.25, 0.3) is 0 Å². The van der Waals surface area contributed by atoms with Crippen molar-refractivity contribution in [2.75, 3.05) is 6.54 Å². The van der Waals surface area contributed by atoms with Crippen LogP contribution >= 0.6 is 0 Å². The van der Waals surface area contributed by atoms with Gasteiger partial charge in [0, 0.05) is 18.6 Å². The summed E-state index contributed by atoms with van der Waals surface area (Å²) in [5.41, 5.74) is 9.83. The van der Waals surface area contributed by atoms with Gasteiger partial charge in [0.1, 0.15) is 5.82 Å². The van der Waals surface area contributed by atoms with Crippen LogP contribution in [0, 0.1) is 11.7 Å². The number of allylic oxidation sites excluding steroid dienone is 1. The number of carbonyl (C=O) groups excluding carboxylic acids is 1. The molecular weight excluding hydrogens is 401 g/mol. The zero-order chi connectivity index (χ0) is 22.5. The van der Waals surface area contributed by atoms with E-state index in [1.165, 1.54) is 42.5 Å². The van der Waals surface area contributed by atoms with Gasteiger partial charge in [-0.2, -0.15) is 0 Å². The van der Waals surface area contributed by atoms with Crippen LogP contribution in [-0.4, -0.2) is 29.6 Å². The summed E-state index contributed by atoms with van der Waals surface area (Å²) in [6, 6.07) is 6.79. The smallest absolute Gasteiger partial charge is 0.318 e. The second-order valence-electron chi connectivity index (χ2n) is 9.88. The highest BCUT2D eigenvalue weighted by molar-refractivity contribution is 5.76. The number of unbranched alkanes of at least 4 members (excludes halogenated alkanes) is 1. The number of nitrogens with one attached hydrogen (secondary N) is 1. The Kier molecular flexibility index (Phi) is 7.67. The van der Waals surface area contributed by atoms with Gasteiger partial charge < -0.3 is 16.0 Å². The summed E-state index contributed by atoms with van der Waals surface area (Å²) < 4.78 is 13.7. The fourth-order valence-electron chi connectivity index (χ4n) is 5.69. The topological polar surface area (TPSA) is 58.4 Å². The monoisotopic (exact) mass is 439 g/mol. The molecule has 0 saturated heterocycles. The number of nitrogens with zero attached hydrogens (tertiary/aromatic N) is 1. The lowest BCUT2D eigenvalue weighted by atomic mass is 9.84. The highest BCUT2D eigenvalue weighted by Crippen LogP contribution is 2.41. The molecular formula is C27H38FN3O. The quantitative estimate of drug-likeness (QED) is 0.591. The van der Waals surface area contributed by atoms with E-state index in [0.717, 1.165) is 50.5 Å². The summed E-state index contributed by atoms with van der Waals surface area (Å²) in [5.74, 6) is 0.429. The second kappa shape index (κ2) is 10.7. The molecule has 32 heavy (non-hydrogen) atoms. The summed E-state index contributed by atoms with van der Waals surface area (Å²) in [6.45, 7) is 2.94. The maximum Gasteiger partial charge on any atom is 0.318 e. The lowest BCUT2D eigenvalue weighted by molar-refractivity contribution is 0.171. The van der Waals surface area contributed by atoms with Crippen molar-refractivity contribution < 1.29 is 9.18 Å². The largest absolute Gasteiger partial charge is 0.335 e. The molecule has 2 amide bonds. The van der Waals surface area contributed by atoms with E-state index >= 15 is 0 Å². The second-order valence-corrected chi connectivity index (χ2v) is 9.88. The van der Waals surface area contributed by atoms with E-state index in [9.17, 15) is 9.18 Å². The molecule has 0 bridgehead atoms. The third kappa shape index (κ3) is 5.43. The van der Waals surface area contributed by atoms with Crippen molar-refractivity contribution in [3.8, 4) is 0 Å². The van der Waals surface area contributed by atoms with Crippen molar-refractivity contribution in [1.82, 2.24) is 10.2 Å². The molecule has 1 aliphatic heterocycles. The number of rotatable bonds is 5. The van der Waals surface area contributed by atoms with Gasteiger partial charge in [-0.1, -0.05) is 49.6 Å². The van der Waals surface area contributed by atoms with E-state index in [1.807, 2.05) is 17.0 Å². The average molecular weight is 440 g/mol. The fourth-order valence-corrected chi connectivity index (χ4v) is 5.69. The third-order valence-corrected chi connectivity index (χ3v) is 7.43. The summed E-state index contributed by atoms with van der Waals surface area (Å²) >= 11 is 0. The maximum atomic E-state index is 13.7. The van der Waals surface area contributed by atoms with Gasteiger partial charge in [-0.3, -0.25) is 0 Å². The number of carbonyl (C=O) groups is 1. The SMILES string of the molecule is CCCCC1CC=CC2=C(CCN(C(=O)N[C@@H]3CCC[C@H](N)C3)[C@H]2c2ccc(F)cc2)C1. The predicted octanol–water partition coefficient (Wildman–Crippen LogP) is 6.01. The Hall–Kier alpha value is -2.14. The number of hydrogen-bond acceptors (Lipinski definition) is 2. The van der Waals surface area contributed by atoms with Gasteiger partial charge in [-0.25, -0.2) is 9.18 Å². The third-order valence-electron chi connectivity index (χ3n) is 7.43. The average Bonchev–Trinajstić information content (AvgIpc) is 2.99. The van der Waals surface area contributed by atoms with Crippen LogP contribution in [0.2, 0.25) is 0 Å².